The lowest BCUT2D eigenvalue weighted by Gasteiger charge is -2.18. The van der Waals surface area contributed by atoms with Gasteiger partial charge in [0.05, 0.1) is 26.8 Å². The van der Waals surface area contributed by atoms with E-state index in [9.17, 15) is 0 Å². The third-order valence-electron chi connectivity index (χ3n) is 5.16. The summed E-state index contributed by atoms with van der Waals surface area (Å²) in [5, 5.41) is 4.48. The van der Waals surface area contributed by atoms with Crippen molar-refractivity contribution in [3.63, 3.8) is 0 Å². The molecule has 0 amide bonds. The number of aromatic nitrogens is 2. The van der Waals surface area contributed by atoms with E-state index in [0.29, 0.717) is 23.8 Å². The predicted molar refractivity (Wildman–Crippen MR) is 114 cm³/mol. The summed E-state index contributed by atoms with van der Waals surface area (Å²) in [6.45, 7) is 2.58. The minimum atomic E-state index is 0.567. The topological polar surface area (TPSA) is 68.7 Å². The third-order valence-corrected chi connectivity index (χ3v) is 5.16. The van der Waals surface area contributed by atoms with Crippen LogP contribution in [0.3, 0.4) is 0 Å². The zero-order valence-corrected chi connectivity index (χ0v) is 17.1. The van der Waals surface area contributed by atoms with Crippen molar-refractivity contribution in [1.82, 2.24) is 9.97 Å². The van der Waals surface area contributed by atoms with Gasteiger partial charge in [-0.25, -0.2) is 4.98 Å². The summed E-state index contributed by atoms with van der Waals surface area (Å²) in [5.41, 5.74) is 1.95. The fourth-order valence-corrected chi connectivity index (χ4v) is 3.68. The Morgan fingerprint density at radius 3 is 2.28 bits per heavy atom. The number of fused-ring (bicyclic) bond motifs is 1. The Labute approximate surface area is 170 Å². The SMILES string of the molecule is COc1cc(CNc2nc(N3CCCC3)nc3ccccc23)cc(OC)c1OC. The molecule has 0 bridgehead atoms. The Kier molecular flexibility index (Phi) is 5.55. The van der Waals surface area contributed by atoms with Gasteiger partial charge in [0, 0.05) is 25.0 Å². The van der Waals surface area contributed by atoms with Crippen molar-refractivity contribution in [2.45, 2.75) is 19.4 Å². The molecule has 0 atom stereocenters. The van der Waals surface area contributed by atoms with Crippen LogP contribution in [0.1, 0.15) is 18.4 Å². The van der Waals surface area contributed by atoms with Crippen LogP contribution in [-0.4, -0.2) is 44.4 Å². The lowest BCUT2D eigenvalue weighted by atomic mass is 10.1. The van der Waals surface area contributed by atoms with Crippen LogP contribution in [0.25, 0.3) is 10.9 Å². The average Bonchev–Trinajstić information content (AvgIpc) is 3.31. The van der Waals surface area contributed by atoms with Crippen LogP contribution < -0.4 is 24.4 Å². The van der Waals surface area contributed by atoms with Crippen LogP contribution in [0.4, 0.5) is 11.8 Å². The molecule has 2 aromatic carbocycles. The minimum Gasteiger partial charge on any atom is -0.493 e. The van der Waals surface area contributed by atoms with Crippen LogP contribution in [0, 0.1) is 0 Å². The number of benzene rings is 2. The van der Waals surface area contributed by atoms with E-state index in [4.69, 9.17) is 24.2 Å². The first-order valence-corrected chi connectivity index (χ1v) is 9.78. The normalized spacial score (nSPS) is 13.6. The Balaban J connectivity index is 1.66. The van der Waals surface area contributed by atoms with E-state index in [2.05, 4.69) is 10.2 Å². The first-order valence-electron chi connectivity index (χ1n) is 9.78. The summed E-state index contributed by atoms with van der Waals surface area (Å²) in [4.78, 5) is 11.8. The second-order valence-electron chi connectivity index (χ2n) is 6.97. The molecule has 0 aliphatic carbocycles. The van der Waals surface area contributed by atoms with Gasteiger partial charge in [0.25, 0.3) is 0 Å². The van der Waals surface area contributed by atoms with Crippen molar-refractivity contribution in [2.75, 3.05) is 44.6 Å². The molecule has 1 saturated heterocycles. The highest BCUT2D eigenvalue weighted by molar-refractivity contribution is 5.90. The van der Waals surface area contributed by atoms with Gasteiger partial charge in [0.15, 0.2) is 11.5 Å². The van der Waals surface area contributed by atoms with Gasteiger partial charge in [0.2, 0.25) is 11.7 Å². The first-order chi connectivity index (χ1) is 14.2. The van der Waals surface area contributed by atoms with Gasteiger partial charge >= 0.3 is 0 Å². The van der Waals surface area contributed by atoms with Crippen molar-refractivity contribution < 1.29 is 14.2 Å². The molecule has 1 aromatic heterocycles. The summed E-state index contributed by atoms with van der Waals surface area (Å²) < 4.78 is 16.3. The molecule has 1 aliphatic rings. The minimum absolute atomic E-state index is 0.567. The molecule has 0 unspecified atom stereocenters. The second kappa shape index (κ2) is 8.43. The molecule has 7 nitrogen and oxygen atoms in total. The number of para-hydroxylation sites is 1. The summed E-state index contributed by atoms with van der Waals surface area (Å²) in [5.74, 6) is 3.46. The highest BCUT2D eigenvalue weighted by Gasteiger charge is 2.18. The zero-order chi connectivity index (χ0) is 20.2. The van der Waals surface area contributed by atoms with Crippen molar-refractivity contribution >= 4 is 22.7 Å². The molecule has 1 aliphatic heterocycles. The van der Waals surface area contributed by atoms with E-state index >= 15 is 0 Å². The number of anilines is 2. The number of methoxy groups -OCH3 is 3. The number of rotatable bonds is 7. The predicted octanol–water partition coefficient (Wildman–Crippen LogP) is 3.87. The van der Waals surface area contributed by atoms with Gasteiger partial charge in [-0.2, -0.15) is 4.98 Å². The molecular weight excluding hydrogens is 368 g/mol. The average molecular weight is 394 g/mol. The summed E-state index contributed by atoms with van der Waals surface area (Å²) in [7, 11) is 4.84. The fourth-order valence-electron chi connectivity index (χ4n) is 3.68. The lowest BCUT2D eigenvalue weighted by molar-refractivity contribution is 0.324. The number of nitrogens with one attached hydrogen (secondary N) is 1. The first kappa shape index (κ1) is 19.1. The molecule has 2 heterocycles. The zero-order valence-electron chi connectivity index (χ0n) is 17.1. The van der Waals surface area contributed by atoms with Crippen LogP contribution >= 0.6 is 0 Å². The standard InChI is InChI=1S/C22H26N4O3/c1-27-18-12-15(13-19(28-2)20(18)29-3)14-23-21-16-8-4-5-9-17(16)24-22(25-21)26-10-6-7-11-26/h4-5,8-9,12-13H,6-7,10-11,14H2,1-3H3,(H,23,24,25). The van der Waals surface area contributed by atoms with Gasteiger partial charge in [-0.05, 0) is 42.7 Å². The molecule has 29 heavy (non-hydrogen) atoms. The number of nitrogens with zero attached hydrogens (tertiary/aromatic N) is 3. The Morgan fingerprint density at radius 1 is 0.931 bits per heavy atom. The van der Waals surface area contributed by atoms with Gasteiger partial charge < -0.3 is 24.4 Å². The molecule has 0 saturated carbocycles. The van der Waals surface area contributed by atoms with Crippen molar-refractivity contribution in [1.29, 1.82) is 0 Å². The van der Waals surface area contributed by atoms with Crippen molar-refractivity contribution in [2.24, 2.45) is 0 Å². The van der Waals surface area contributed by atoms with Crippen LogP contribution in [-0.2, 0) is 6.54 Å². The highest BCUT2D eigenvalue weighted by Crippen LogP contribution is 2.38. The summed E-state index contributed by atoms with van der Waals surface area (Å²) in [6.07, 6.45) is 2.37. The second-order valence-corrected chi connectivity index (χ2v) is 6.97. The largest absolute Gasteiger partial charge is 0.493 e. The Bertz CT molecular complexity index is 978. The molecule has 3 aromatic rings. The molecular formula is C22H26N4O3. The van der Waals surface area contributed by atoms with E-state index in [-0.39, 0.29) is 0 Å². The fraction of sp³-hybridized carbons (Fsp3) is 0.364. The van der Waals surface area contributed by atoms with E-state index in [1.165, 1.54) is 12.8 Å². The maximum atomic E-state index is 5.46. The number of hydrogen-bond donors (Lipinski definition) is 1. The summed E-state index contributed by atoms with van der Waals surface area (Å²) >= 11 is 0. The van der Waals surface area contributed by atoms with E-state index in [0.717, 1.165) is 41.3 Å². The maximum Gasteiger partial charge on any atom is 0.227 e. The van der Waals surface area contributed by atoms with Gasteiger partial charge in [0.1, 0.15) is 5.82 Å². The lowest BCUT2D eigenvalue weighted by Crippen LogP contribution is -2.21. The van der Waals surface area contributed by atoms with Crippen molar-refractivity contribution in [3.8, 4) is 17.2 Å². The monoisotopic (exact) mass is 394 g/mol. The Hall–Kier alpha value is -3.22. The van der Waals surface area contributed by atoms with Gasteiger partial charge in [-0.1, -0.05) is 12.1 Å². The van der Waals surface area contributed by atoms with Crippen LogP contribution in [0.2, 0.25) is 0 Å². The van der Waals surface area contributed by atoms with Gasteiger partial charge in [-0.3, -0.25) is 0 Å². The molecule has 0 radical (unpaired) electrons. The van der Waals surface area contributed by atoms with Crippen molar-refractivity contribution in [3.05, 3.63) is 42.0 Å². The van der Waals surface area contributed by atoms with Crippen LogP contribution in [0.5, 0.6) is 17.2 Å². The number of hydrogen-bond acceptors (Lipinski definition) is 7. The van der Waals surface area contributed by atoms with E-state index in [1.807, 2.05) is 36.4 Å². The molecule has 4 rings (SSSR count). The Morgan fingerprint density at radius 2 is 1.62 bits per heavy atom. The van der Waals surface area contributed by atoms with Crippen LogP contribution in [0.15, 0.2) is 36.4 Å². The molecule has 1 N–H and O–H groups in total. The van der Waals surface area contributed by atoms with E-state index < -0.39 is 0 Å². The van der Waals surface area contributed by atoms with E-state index in [1.54, 1.807) is 21.3 Å². The molecule has 1 fully saturated rings. The molecule has 152 valence electrons. The quantitative estimate of drug-likeness (QED) is 0.652. The molecule has 0 spiro atoms. The smallest absolute Gasteiger partial charge is 0.227 e. The van der Waals surface area contributed by atoms with Gasteiger partial charge in [-0.15, -0.1) is 0 Å². The summed E-state index contributed by atoms with van der Waals surface area (Å²) in [6, 6.07) is 12.0. The molecule has 7 heteroatoms. The highest BCUT2D eigenvalue weighted by atomic mass is 16.5. The maximum absolute atomic E-state index is 5.46. The number of ether oxygens (including phenoxy) is 3. The third kappa shape index (κ3) is 3.85.